The number of carbonyl (C=O) groups excluding carboxylic acids is 2. The van der Waals surface area contributed by atoms with Crippen molar-refractivity contribution >= 4 is 24.2 Å². The zero-order valence-corrected chi connectivity index (χ0v) is 18.0. The maximum absolute atomic E-state index is 12.8. The number of methoxy groups -OCH3 is 2. The average Bonchev–Trinajstić information content (AvgIpc) is 2.64. The number of halogens is 1. The molecule has 2 rings (SSSR count). The molecule has 1 saturated heterocycles. The molecule has 3 N–H and O–H groups in total. The topological polar surface area (TPSA) is 88.7 Å². The average molecular weight is 414 g/mol. The van der Waals surface area contributed by atoms with Crippen LogP contribution in [0.3, 0.4) is 0 Å². The summed E-state index contributed by atoms with van der Waals surface area (Å²) in [6.07, 6.45) is 1.78. The maximum atomic E-state index is 12.8. The van der Waals surface area contributed by atoms with Crippen molar-refractivity contribution in [3.05, 3.63) is 23.8 Å². The number of hydrogen-bond acceptors (Lipinski definition) is 5. The van der Waals surface area contributed by atoms with Crippen LogP contribution in [-0.4, -0.2) is 50.7 Å². The van der Waals surface area contributed by atoms with Gasteiger partial charge in [0.2, 0.25) is 5.91 Å². The van der Waals surface area contributed by atoms with Gasteiger partial charge in [-0.2, -0.15) is 0 Å². The third kappa shape index (κ3) is 6.56. The van der Waals surface area contributed by atoms with Gasteiger partial charge in [-0.15, -0.1) is 12.4 Å². The Kier molecular flexibility index (Phi) is 9.55. The minimum atomic E-state index is -0.611. The van der Waals surface area contributed by atoms with Gasteiger partial charge < -0.3 is 25.4 Å². The lowest BCUT2D eigenvalue weighted by Gasteiger charge is -2.31. The third-order valence-corrected chi connectivity index (χ3v) is 4.82. The molecule has 0 aliphatic carbocycles. The number of benzene rings is 1. The Morgan fingerprint density at radius 2 is 1.75 bits per heavy atom. The van der Waals surface area contributed by atoms with Crippen molar-refractivity contribution in [3.8, 4) is 11.5 Å². The molecule has 1 aromatic rings. The van der Waals surface area contributed by atoms with Gasteiger partial charge in [0, 0.05) is 23.7 Å². The van der Waals surface area contributed by atoms with Crippen LogP contribution in [0.4, 0.5) is 0 Å². The van der Waals surface area contributed by atoms with E-state index >= 15 is 0 Å². The highest BCUT2D eigenvalue weighted by molar-refractivity contribution is 5.98. The smallest absolute Gasteiger partial charge is 0.252 e. The summed E-state index contributed by atoms with van der Waals surface area (Å²) in [5, 5.41) is 9.32. The van der Waals surface area contributed by atoms with Crippen molar-refractivity contribution in [3.63, 3.8) is 0 Å². The first-order valence-electron chi connectivity index (χ1n) is 9.41. The Labute approximate surface area is 173 Å². The van der Waals surface area contributed by atoms with E-state index in [0.29, 0.717) is 23.1 Å². The molecule has 1 aromatic carbocycles. The lowest BCUT2D eigenvalue weighted by atomic mass is 9.98. The van der Waals surface area contributed by atoms with Crippen LogP contribution >= 0.6 is 12.4 Å². The first-order valence-corrected chi connectivity index (χ1v) is 9.41. The first kappa shape index (κ1) is 24.0. The summed E-state index contributed by atoms with van der Waals surface area (Å²) in [6, 6.07) is 4.84. The monoisotopic (exact) mass is 413 g/mol. The quantitative estimate of drug-likeness (QED) is 0.637. The van der Waals surface area contributed by atoms with Crippen LogP contribution in [0, 0.1) is 5.92 Å². The second kappa shape index (κ2) is 11.1. The van der Waals surface area contributed by atoms with Crippen molar-refractivity contribution in [1.29, 1.82) is 0 Å². The maximum Gasteiger partial charge on any atom is 0.252 e. The van der Waals surface area contributed by atoms with Crippen molar-refractivity contribution in [1.82, 2.24) is 16.0 Å². The summed E-state index contributed by atoms with van der Waals surface area (Å²) in [6.45, 7) is 6.83. The molecule has 8 heteroatoms. The molecule has 158 valence electrons. The van der Waals surface area contributed by atoms with Crippen molar-refractivity contribution < 1.29 is 19.1 Å². The zero-order valence-electron chi connectivity index (χ0n) is 17.2. The Morgan fingerprint density at radius 3 is 2.25 bits per heavy atom. The van der Waals surface area contributed by atoms with E-state index in [1.165, 1.54) is 14.2 Å². The van der Waals surface area contributed by atoms with Crippen LogP contribution in [0.15, 0.2) is 18.2 Å². The number of hydrogen-bond donors (Lipinski definition) is 3. The molecular weight excluding hydrogens is 382 g/mol. The van der Waals surface area contributed by atoms with E-state index in [2.05, 4.69) is 22.9 Å². The number of ether oxygens (including phenoxy) is 2. The van der Waals surface area contributed by atoms with Gasteiger partial charge in [-0.1, -0.05) is 13.8 Å². The SMILES string of the molecule is COc1cc(OC)cc(C(=O)NC(C(=O)NC2CCNC(C)C2)C(C)C)c1.Cl. The Morgan fingerprint density at radius 1 is 1.14 bits per heavy atom. The van der Waals surface area contributed by atoms with E-state index in [9.17, 15) is 9.59 Å². The molecule has 0 aromatic heterocycles. The summed E-state index contributed by atoms with van der Waals surface area (Å²) in [5.74, 6) is 0.523. The van der Waals surface area contributed by atoms with Gasteiger partial charge in [-0.25, -0.2) is 0 Å². The van der Waals surface area contributed by atoms with Crippen LogP contribution in [0.25, 0.3) is 0 Å². The van der Waals surface area contributed by atoms with E-state index < -0.39 is 6.04 Å². The van der Waals surface area contributed by atoms with E-state index in [0.717, 1.165) is 19.4 Å². The molecule has 1 heterocycles. The van der Waals surface area contributed by atoms with Gasteiger partial charge in [-0.3, -0.25) is 9.59 Å². The summed E-state index contributed by atoms with van der Waals surface area (Å²) < 4.78 is 10.4. The minimum Gasteiger partial charge on any atom is -0.497 e. The molecule has 3 unspecified atom stereocenters. The number of piperidine rings is 1. The Hall–Kier alpha value is -1.99. The highest BCUT2D eigenvalue weighted by atomic mass is 35.5. The van der Waals surface area contributed by atoms with Crippen LogP contribution in [0.1, 0.15) is 44.0 Å². The van der Waals surface area contributed by atoms with Gasteiger partial charge in [0.25, 0.3) is 5.91 Å². The highest BCUT2D eigenvalue weighted by Crippen LogP contribution is 2.22. The summed E-state index contributed by atoms with van der Waals surface area (Å²) in [4.78, 5) is 25.5. The molecule has 0 bridgehead atoms. The van der Waals surface area contributed by atoms with Crippen LogP contribution in [0.2, 0.25) is 0 Å². The Bertz CT molecular complexity index is 647. The fraction of sp³-hybridized carbons (Fsp3) is 0.600. The summed E-state index contributed by atoms with van der Waals surface area (Å²) in [7, 11) is 3.06. The van der Waals surface area contributed by atoms with Gasteiger partial charge in [0.15, 0.2) is 0 Å². The molecule has 1 aliphatic rings. The second-order valence-corrected chi connectivity index (χ2v) is 7.38. The summed E-state index contributed by atoms with van der Waals surface area (Å²) >= 11 is 0. The second-order valence-electron chi connectivity index (χ2n) is 7.38. The molecule has 3 atom stereocenters. The molecule has 0 radical (unpaired) electrons. The van der Waals surface area contributed by atoms with Crippen molar-refractivity contribution in [2.45, 2.75) is 51.7 Å². The van der Waals surface area contributed by atoms with Crippen LogP contribution in [0.5, 0.6) is 11.5 Å². The molecule has 1 aliphatic heterocycles. The zero-order chi connectivity index (χ0) is 20.0. The molecule has 0 saturated carbocycles. The first-order chi connectivity index (χ1) is 12.8. The normalized spacial score (nSPS) is 19.9. The number of nitrogens with one attached hydrogen (secondary N) is 3. The van der Waals surface area contributed by atoms with Gasteiger partial charge in [0.05, 0.1) is 14.2 Å². The molecular formula is C20H32ClN3O4. The fourth-order valence-electron chi connectivity index (χ4n) is 3.25. The van der Waals surface area contributed by atoms with Crippen molar-refractivity contribution in [2.75, 3.05) is 20.8 Å². The lowest BCUT2D eigenvalue weighted by molar-refractivity contribution is -0.124. The predicted octanol–water partition coefficient (Wildman–Crippen LogP) is 2.14. The number of rotatable bonds is 7. The van der Waals surface area contributed by atoms with E-state index in [1.54, 1.807) is 18.2 Å². The van der Waals surface area contributed by atoms with Crippen LogP contribution < -0.4 is 25.4 Å². The highest BCUT2D eigenvalue weighted by Gasteiger charge is 2.28. The Balaban J connectivity index is 0.00000392. The largest absolute Gasteiger partial charge is 0.497 e. The molecule has 28 heavy (non-hydrogen) atoms. The molecule has 2 amide bonds. The third-order valence-electron chi connectivity index (χ3n) is 4.82. The van der Waals surface area contributed by atoms with Crippen molar-refractivity contribution in [2.24, 2.45) is 5.92 Å². The standard InChI is InChI=1S/C20H31N3O4.ClH/c1-12(2)18(20(25)22-15-6-7-21-13(3)8-15)23-19(24)14-9-16(26-4)11-17(10-14)27-5;/h9-13,15,18,21H,6-8H2,1-5H3,(H,22,25)(H,23,24);1H. The van der Waals surface area contributed by atoms with E-state index in [1.807, 2.05) is 13.8 Å². The van der Waals surface area contributed by atoms with Gasteiger partial charge >= 0.3 is 0 Å². The van der Waals surface area contributed by atoms with Gasteiger partial charge in [-0.05, 0) is 44.4 Å². The van der Waals surface area contributed by atoms with E-state index in [4.69, 9.17) is 9.47 Å². The molecule has 1 fully saturated rings. The van der Waals surface area contributed by atoms with Crippen LogP contribution in [-0.2, 0) is 4.79 Å². The number of amides is 2. The molecule has 7 nitrogen and oxygen atoms in total. The predicted molar refractivity (Wildman–Crippen MR) is 112 cm³/mol. The fourth-order valence-corrected chi connectivity index (χ4v) is 3.25. The van der Waals surface area contributed by atoms with E-state index in [-0.39, 0.29) is 36.2 Å². The molecule has 0 spiro atoms. The van der Waals surface area contributed by atoms with Gasteiger partial charge in [0.1, 0.15) is 17.5 Å². The lowest BCUT2D eigenvalue weighted by Crippen LogP contribution is -2.54. The summed E-state index contributed by atoms with van der Waals surface area (Å²) in [5.41, 5.74) is 0.389. The number of carbonyl (C=O) groups is 2. The minimum absolute atomic E-state index is 0.